The molecule has 144 valence electrons. The predicted octanol–water partition coefficient (Wildman–Crippen LogP) is 4.59. The van der Waals surface area contributed by atoms with Gasteiger partial charge in [0, 0.05) is 17.6 Å². The van der Waals surface area contributed by atoms with Crippen molar-refractivity contribution in [2.75, 3.05) is 0 Å². The standard InChI is InChI=1S/C22H32O4/c1-6-18(23)25-15(3)9-21-10-16-8-17(11-21)13-22(12-16,14-21)20(4,5)26-19(24)7-2/h6-7,15-17H,1-2,8-14H2,3-5H3. The Bertz CT molecular complexity index is 604. The van der Waals surface area contributed by atoms with Crippen molar-refractivity contribution in [2.24, 2.45) is 22.7 Å². The van der Waals surface area contributed by atoms with E-state index < -0.39 is 5.60 Å². The molecule has 3 unspecified atom stereocenters. The van der Waals surface area contributed by atoms with Crippen LogP contribution in [0.25, 0.3) is 0 Å². The number of rotatable bonds is 7. The van der Waals surface area contributed by atoms with E-state index in [2.05, 4.69) is 27.0 Å². The highest BCUT2D eigenvalue weighted by Crippen LogP contribution is 2.69. The number of ether oxygens (including phenoxy) is 2. The minimum absolute atomic E-state index is 0.0118. The molecule has 4 nitrogen and oxygen atoms in total. The molecular formula is C22H32O4. The van der Waals surface area contributed by atoms with Crippen LogP contribution in [-0.4, -0.2) is 23.6 Å². The summed E-state index contributed by atoms with van der Waals surface area (Å²) in [6, 6.07) is 0. The highest BCUT2D eigenvalue weighted by atomic mass is 16.6. The molecule has 0 spiro atoms. The van der Waals surface area contributed by atoms with Gasteiger partial charge in [-0.25, -0.2) is 9.59 Å². The zero-order valence-electron chi connectivity index (χ0n) is 16.4. The average molecular weight is 360 g/mol. The third kappa shape index (κ3) is 3.35. The van der Waals surface area contributed by atoms with Crippen molar-refractivity contribution in [2.45, 2.75) is 77.4 Å². The highest BCUT2D eigenvalue weighted by molar-refractivity contribution is 5.81. The van der Waals surface area contributed by atoms with Crippen LogP contribution >= 0.6 is 0 Å². The number of carbonyl (C=O) groups is 2. The molecule has 0 saturated heterocycles. The molecule has 3 atom stereocenters. The van der Waals surface area contributed by atoms with E-state index in [4.69, 9.17) is 9.47 Å². The summed E-state index contributed by atoms with van der Waals surface area (Å²) in [5, 5.41) is 0. The lowest BCUT2D eigenvalue weighted by Gasteiger charge is -2.66. The Hall–Kier alpha value is -1.58. The van der Waals surface area contributed by atoms with E-state index in [9.17, 15) is 9.59 Å². The van der Waals surface area contributed by atoms with Gasteiger partial charge in [-0.1, -0.05) is 13.2 Å². The summed E-state index contributed by atoms with van der Waals surface area (Å²) in [6.07, 6.45) is 10.2. The third-order valence-corrected chi connectivity index (χ3v) is 7.19. The molecule has 4 aliphatic carbocycles. The van der Waals surface area contributed by atoms with Crippen LogP contribution in [0.15, 0.2) is 25.3 Å². The molecule has 0 aliphatic heterocycles. The molecular weight excluding hydrogens is 328 g/mol. The Balaban J connectivity index is 1.82. The lowest BCUT2D eigenvalue weighted by molar-refractivity contribution is -0.215. The van der Waals surface area contributed by atoms with Gasteiger partial charge in [0.15, 0.2) is 0 Å². The molecule has 0 aromatic rings. The molecule has 0 N–H and O–H groups in total. The van der Waals surface area contributed by atoms with E-state index in [-0.39, 0.29) is 28.9 Å². The quantitative estimate of drug-likeness (QED) is 0.492. The van der Waals surface area contributed by atoms with Crippen LogP contribution in [0.1, 0.15) is 65.7 Å². The molecule has 4 saturated carbocycles. The molecule has 26 heavy (non-hydrogen) atoms. The highest BCUT2D eigenvalue weighted by Gasteiger charge is 2.63. The Labute approximate surface area is 157 Å². The first-order chi connectivity index (χ1) is 12.1. The minimum Gasteiger partial charge on any atom is -0.460 e. The van der Waals surface area contributed by atoms with Gasteiger partial charge < -0.3 is 9.47 Å². The van der Waals surface area contributed by atoms with Gasteiger partial charge in [-0.05, 0) is 83.0 Å². The summed E-state index contributed by atoms with van der Waals surface area (Å²) in [6.45, 7) is 13.2. The van der Waals surface area contributed by atoms with Gasteiger partial charge in [0.2, 0.25) is 0 Å². The first-order valence-electron chi connectivity index (χ1n) is 9.81. The van der Waals surface area contributed by atoms with Crippen LogP contribution in [0, 0.1) is 22.7 Å². The summed E-state index contributed by atoms with van der Waals surface area (Å²) in [5.41, 5.74) is -0.316. The fourth-order valence-corrected chi connectivity index (χ4v) is 6.69. The van der Waals surface area contributed by atoms with Crippen molar-refractivity contribution in [3.63, 3.8) is 0 Å². The van der Waals surface area contributed by atoms with Crippen LogP contribution in [0.5, 0.6) is 0 Å². The molecule has 0 aromatic carbocycles. The van der Waals surface area contributed by atoms with Gasteiger partial charge in [-0.2, -0.15) is 0 Å². The second-order valence-electron chi connectivity index (χ2n) is 9.53. The largest absolute Gasteiger partial charge is 0.460 e. The van der Waals surface area contributed by atoms with Crippen molar-refractivity contribution < 1.29 is 19.1 Å². The van der Waals surface area contributed by atoms with Gasteiger partial charge in [-0.15, -0.1) is 0 Å². The number of hydrogen-bond acceptors (Lipinski definition) is 4. The maximum Gasteiger partial charge on any atom is 0.330 e. The van der Waals surface area contributed by atoms with Crippen molar-refractivity contribution >= 4 is 11.9 Å². The van der Waals surface area contributed by atoms with Crippen LogP contribution in [0.2, 0.25) is 0 Å². The SMILES string of the molecule is C=CC(=O)OC(C)CC12CC3CC(C1)CC(C(C)(C)OC(=O)C=C)(C3)C2. The van der Waals surface area contributed by atoms with Gasteiger partial charge in [0.1, 0.15) is 5.60 Å². The molecule has 4 bridgehead atoms. The van der Waals surface area contributed by atoms with Crippen molar-refractivity contribution in [3.8, 4) is 0 Å². The zero-order valence-corrected chi connectivity index (χ0v) is 16.4. The van der Waals surface area contributed by atoms with E-state index in [0.29, 0.717) is 11.8 Å². The molecule has 0 heterocycles. The summed E-state index contributed by atoms with van der Waals surface area (Å²) in [5.74, 6) is 0.672. The fraction of sp³-hybridized carbons (Fsp3) is 0.727. The summed E-state index contributed by atoms with van der Waals surface area (Å²) in [7, 11) is 0. The smallest absolute Gasteiger partial charge is 0.330 e. The second-order valence-corrected chi connectivity index (χ2v) is 9.53. The number of esters is 2. The molecule has 4 aliphatic rings. The van der Waals surface area contributed by atoms with Crippen molar-refractivity contribution in [3.05, 3.63) is 25.3 Å². The zero-order chi connectivity index (χ0) is 19.2. The number of carbonyl (C=O) groups excluding carboxylic acids is 2. The number of hydrogen-bond donors (Lipinski definition) is 0. The first kappa shape index (κ1) is 19.2. The summed E-state index contributed by atoms with van der Waals surface area (Å²) in [4.78, 5) is 23.5. The Kier molecular flexibility index (Phi) is 4.83. The van der Waals surface area contributed by atoms with Crippen molar-refractivity contribution in [1.29, 1.82) is 0 Å². The van der Waals surface area contributed by atoms with Crippen molar-refractivity contribution in [1.82, 2.24) is 0 Å². The maximum atomic E-state index is 11.9. The van der Waals surface area contributed by atoms with Gasteiger partial charge in [0.05, 0.1) is 6.10 Å². The fourth-order valence-electron chi connectivity index (χ4n) is 6.69. The second kappa shape index (κ2) is 6.54. The van der Waals surface area contributed by atoms with Gasteiger partial charge in [-0.3, -0.25) is 0 Å². The van der Waals surface area contributed by atoms with Crippen LogP contribution in [0.3, 0.4) is 0 Å². The lowest BCUT2D eigenvalue weighted by Crippen LogP contribution is -2.61. The van der Waals surface area contributed by atoms with E-state index >= 15 is 0 Å². The normalized spacial score (nSPS) is 36.3. The van der Waals surface area contributed by atoms with Crippen LogP contribution < -0.4 is 0 Å². The topological polar surface area (TPSA) is 52.6 Å². The Morgan fingerprint density at radius 1 is 1.12 bits per heavy atom. The predicted molar refractivity (Wildman–Crippen MR) is 100 cm³/mol. The van der Waals surface area contributed by atoms with E-state index in [1.54, 1.807) is 0 Å². The monoisotopic (exact) mass is 360 g/mol. The Morgan fingerprint density at radius 2 is 1.69 bits per heavy atom. The molecule has 0 radical (unpaired) electrons. The molecule has 0 amide bonds. The first-order valence-corrected chi connectivity index (χ1v) is 9.81. The van der Waals surface area contributed by atoms with Crippen LogP contribution in [-0.2, 0) is 19.1 Å². The van der Waals surface area contributed by atoms with E-state index in [1.807, 2.05) is 6.92 Å². The van der Waals surface area contributed by atoms with Gasteiger partial charge in [0.25, 0.3) is 0 Å². The van der Waals surface area contributed by atoms with Crippen LogP contribution in [0.4, 0.5) is 0 Å². The Morgan fingerprint density at radius 3 is 2.23 bits per heavy atom. The average Bonchev–Trinajstić information content (AvgIpc) is 2.52. The minimum atomic E-state index is -0.512. The van der Waals surface area contributed by atoms with E-state index in [0.717, 1.165) is 25.7 Å². The molecule has 4 heteroatoms. The molecule has 4 fully saturated rings. The maximum absolute atomic E-state index is 11.9. The van der Waals surface area contributed by atoms with E-state index in [1.165, 1.54) is 31.4 Å². The molecule has 0 aromatic heterocycles. The van der Waals surface area contributed by atoms with Gasteiger partial charge >= 0.3 is 11.9 Å². The lowest BCUT2D eigenvalue weighted by atomic mass is 9.40. The summed E-state index contributed by atoms with van der Waals surface area (Å²) >= 11 is 0. The molecule has 4 rings (SSSR count). The third-order valence-electron chi connectivity index (χ3n) is 7.19. The summed E-state index contributed by atoms with van der Waals surface area (Å²) < 4.78 is 11.3.